The lowest BCUT2D eigenvalue weighted by atomic mass is 10.2. The maximum atomic E-state index is 12.2. The number of thioether (sulfide) groups is 1. The summed E-state index contributed by atoms with van der Waals surface area (Å²) in [6.07, 6.45) is 2.31. The number of hydrogen-bond acceptors (Lipinski definition) is 5. The van der Waals surface area contributed by atoms with E-state index >= 15 is 0 Å². The van der Waals surface area contributed by atoms with E-state index in [2.05, 4.69) is 10.6 Å². The minimum atomic E-state index is -0.813. The van der Waals surface area contributed by atoms with Crippen molar-refractivity contribution in [3.8, 4) is 5.75 Å². The van der Waals surface area contributed by atoms with E-state index in [1.54, 1.807) is 60.3 Å². The van der Waals surface area contributed by atoms with Crippen molar-refractivity contribution < 1.29 is 19.1 Å². The summed E-state index contributed by atoms with van der Waals surface area (Å²) in [5.74, 6) is 0.148. The number of carbonyl (C=O) groups is 3. The Morgan fingerprint density at radius 2 is 1.74 bits per heavy atom. The van der Waals surface area contributed by atoms with Crippen LogP contribution in [-0.2, 0) is 4.79 Å². The Labute approximate surface area is 161 Å². The van der Waals surface area contributed by atoms with Gasteiger partial charge in [0, 0.05) is 11.3 Å². The van der Waals surface area contributed by atoms with Gasteiger partial charge in [-0.2, -0.15) is 11.8 Å². The van der Waals surface area contributed by atoms with Gasteiger partial charge in [-0.1, -0.05) is 18.2 Å². The monoisotopic (exact) mass is 387 g/mol. The smallest absolute Gasteiger partial charge is 0.334 e. The molecule has 0 spiro atoms. The van der Waals surface area contributed by atoms with Gasteiger partial charge >= 0.3 is 12.0 Å². The van der Waals surface area contributed by atoms with Gasteiger partial charge < -0.3 is 21.1 Å². The summed E-state index contributed by atoms with van der Waals surface area (Å²) in [4.78, 5) is 35.4. The first-order chi connectivity index (χ1) is 13.0. The minimum Gasteiger partial charge on any atom is -0.425 e. The molecule has 2 aromatic rings. The Balaban J connectivity index is 1.96. The van der Waals surface area contributed by atoms with E-state index < -0.39 is 18.0 Å². The second-order valence-corrected chi connectivity index (χ2v) is 6.59. The third-order valence-electron chi connectivity index (χ3n) is 3.58. The highest BCUT2D eigenvalue weighted by Crippen LogP contribution is 2.17. The zero-order chi connectivity index (χ0) is 19.6. The van der Waals surface area contributed by atoms with Crippen molar-refractivity contribution in [1.29, 1.82) is 0 Å². The molecule has 0 saturated carbocycles. The zero-order valence-corrected chi connectivity index (χ0v) is 15.6. The predicted octanol–water partition coefficient (Wildman–Crippen LogP) is 2.63. The van der Waals surface area contributed by atoms with Crippen LogP contribution >= 0.6 is 11.8 Å². The molecule has 1 atom stereocenters. The number of anilines is 1. The first-order valence-corrected chi connectivity index (χ1v) is 9.62. The Kier molecular flexibility index (Phi) is 7.69. The van der Waals surface area contributed by atoms with Crippen LogP contribution < -0.4 is 21.1 Å². The third kappa shape index (κ3) is 6.67. The van der Waals surface area contributed by atoms with Crippen LogP contribution in [0.4, 0.5) is 10.5 Å². The van der Waals surface area contributed by atoms with Gasteiger partial charge in [-0.15, -0.1) is 0 Å². The maximum Gasteiger partial charge on any atom is 0.334 e. The molecule has 0 bridgehead atoms. The van der Waals surface area contributed by atoms with E-state index in [1.807, 2.05) is 12.3 Å². The Morgan fingerprint density at radius 3 is 2.33 bits per heavy atom. The standard InChI is InChI=1S/C19H21N3O4S/c1-27-12-11-16(22-19(20)25)18(24)26-15-9-7-14(8-10-15)21-17(23)13-5-3-2-4-6-13/h2-10,16H,11-12H2,1H3,(H,21,23)(H3,20,22,25). The average molecular weight is 387 g/mol. The van der Waals surface area contributed by atoms with Crippen molar-refractivity contribution in [2.24, 2.45) is 5.73 Å². The van der Waals surface area contributed by atoms with Gasteiger partial charge in [0.1, 0.15) is 11.8 Å². The minimum absolute atomic E-state index is 0.233. The van der Waals surface area contributed by atoms with Crippen molar-refractivity contribution >= 4 is 35.4 Å². The second kappa shape index (κ2) is 10.2. The summed E-state index contributed by atoms with van der Waals surface area (Å²) in [6, 6.07) is 13.6. The number of ether oxygens (including phenoxy) is 1. The van der Waals surface area contributed by atoms with Crippen LogP contribution in [0.5, 0.6) is 5.75 Å². The molecule has 0 aliphatic heterocycles. The van der Waals surface area contributed by atoms with Crippen LogP contribution in [0, 0.1) is 0 Å². The summed E-state index contributed by atoms with van der Waals surface area (Å²) < 4.78 is 5.29. The molecule has 1 unspecified atom stereocenters. The Hall–Kier alpha value is -3.00. The number of nitrogens with one attached hydrogen (secondary N) is 2. The second-order valence-electron chi connectivity index (χ2n) is 5.61. The molecule has 0 fully saturated rings. The SMILES string of the molecule is CSCCC(NC(N)=O)C(=O)Oc1ccc(NC(=O)c2ccccc2)cc1. The molecule has 2 aromatic carbocycles. The van der Waals surface area contributed by atoms with E-state index in [0.717, 1.165) is 0 Å². The lowest BCUT2D eigenvalue weighted by molar-refractivity contribution is -0.136. The van der Waals surface area contributed by atoms with Gasteiger partial charge in [-0.05, 0) is 54.8 Å². The topological polar surface area (TPSA) is 111 Å². The van der Waals surface area contributed by atoms with Crippen molar-refractivity contribution in [1.82, 2.24) is 5.32 Å². The molecule has 0 aliphatic rings. The fourth-order valence-corrected chi connectivity index (χ4v) is 2.71. The average Bonchev–Trinajstić information content (AvgIpc) is 2.67. The van der Waals surface area contributed by atoms with E-state index in [1.165, 1.54) is 0 Å². The van der Waals surface area contributed by atoms with Gasteiger partial charge in [0.2, 0.25) is 0 Å². The highest BCUT2D eigenvalue weighted by atomic mass is 32.2. The van der Waals surface area contributed by atoms with Gasteiger partial charge in [0.05, 0.1) is 0 Å². The number of nitrogens with two attached hydrogens (primary N) is 1. The number of esters is 1. The molecule has 8 heteroatoms. The first kappa shape index (κ1) is 20.3. The number of primary amides is 1. The van der Waals surface area contributed by atoms with Crippen LogP contribution in [0.1, 0.15) is 16.8 Å². The summed E-state index contributed by atoms with van der Waals surface area (Å²) >= 11 is 1.55. The summed E-state index contributed by atoms with van der Waals surface area (Å²) in [6.45, 7) is 0. The summed E-state index contributed by atoms with van der Waals surface area (Å²) in [5, 5.41) is 5.14. The maximum absolute atomic E-state index is 12.2. The lowest BCUT2D eigenvalue weighted by Gasteiger charge is -2.16. The van der Waals surface area contributed by atoms with Crippen LogP contribution in [0.25, 0.3) is 0 Å². The molecular formula is C19H21N3O4S. The number of rotatable bonds is 8. The van der Waals surface area contributed by atoms with E-state index in [-0.39, 0.29) is 5.91 Å². The quantitative estimate of drug-likeness (QED) is 0.476. The third-order valence-corrected chi connectivity index (χ3v) is 4.22. The van der Waals surface area contributed by atoms with Crippen LogP contribution in [0.3, 0.4) is 0 Å². The normalized spacial score (nSPS) is 11.3. The molecule has 0 aromatic heterocycles. The molecule has 3 amide bonds. The van der Waals surface area contributed by atoms with Crippen molar-refractivity contribution in [2.75, 3.05) is 17.3 Å². The van der Waals surface area contributed by atoms with Gasteiger partial charge in [0.25, 0.3) is 5.91 Å². The van der Waals surface area contributed by atoms with Crippen molar-refractivity contribution in [3.63, 3.8) is 0 Å². The van der Waals surface area contributed by atoms with Gasteiger partial charge in [-0.25, -0.2) is 9.59 Å². The molecule has 2 rings (SSSR count). The zero-order valence-electron chi connectivity index (χ0n) is 14.8. The van der Waals surface area contributed by atoms with Gasteiger partial charge in [0.15, 0.2) is 0 Å². The number of urea groups is 1. The van der Waals surface area contributed by atoms with Crippen molar-refractivity contribution in [3.05, 3.63) is 60.2 Å². The molecule has 0 saturated heterocycles. The summed E-state index contributed by atoms with van der Waals surface area (Å²) in [5.41, 5.74) is 6.22. The molecule has 0 heterocycles. The number of carbonyl (C=O) groups excluding carboxylic acids is 3. The van der Waals surface area contributed by atoms with E-state index in [0.29, 0.717) is 29.2 Å². The Bertz CT molecular complexity index is 781. The number of amides is 3. The van der Waals surface area contributed by atoms with Crippen LogP contribution in [0.2, 0.25) is 0 Å². The highest BCUT2D eigenvalue weighted by Gasteiger charge is 2.21. The number of benzene rings is 2. The van der Waals surface area contributed by atoms with E-state index in [4.69, 9.17) is 10.5 Å². The number of hydrogen-bond donors (Lipinski definition) is 3. The molecule has 27 heavy (non-hydrogen) atoms. The molecule has 142 valence electrons. The van der Waals surface area contributed by atoms with Crippen LogP contribution in [-0.4, -0.2) is 36.0 Å². The van der Waals surface area contributed by atoms with Crippen molar-refractivity contribution in [2.45, 2.75) is 12.5 Å². The lowest BCUT2D eigenvalue weighted by Crippen LogP contribution is -2.45. The fourth-order valence-electron chi connectivity index (χ4n) is 2.24. The molecule has 4 N–H and O–H groups in total. The highest BCUT2D eigenvalue weighted by molar-refractivity contribution is 7.98. The molecule has 7 nitrogen and oxygen atoms in total. The fraction of sp³-hybridized carbons (Fsp3) is 0.211. The molecular weight excluding hydrogens is 366 g/mol. The molecule has 0 aliphatic carbocycles. The van der Waals surface area contributed by atoms with Crippen LogP contribution in [0.15, 0.2) is 54.6 Å². The predicted molar refractivity (Wildman–Crippen MR) is 106 cm³/mol. The first-order valence-electron chi connectivity index (χ1n) is 8.22. The largest absolute Gasteiger partial charge is 0.425 e. The van der Waals surface area contributed by atoms with Gasteiger partial charge in [-0.3, -0.25) is 4.79 Å². The molecule has 0 radical (unpaired) electrons. The Morgan fingerprint density at radius 1 is 1.07 bits per heavy atom. The summed E-state index contributed by atoms with van der Waals surface area (Å²) in [7, 11) is 0. The van der Waals surface area contributed by atoms with E-state index in [9.17, 15) is 14.4 Å².